The summed E-state index contributed by atoms with van der Waals surface area (Å²) in [6.45, 7) is 3.82. The Morgan fingerprint density at radius 1 is 1.29 bits per heavy atom. The monoisotopic (exact) mass is 240 g/mol. The maximum Gasteiger partial charge on any atom is 0.328 e. The highest BCUT2D eigenvalue weighted by molar-refractivity contribution is 5.90. The Morgan fingerprint density at radius 3 is 2.24 bits per heavy atom. The summed E-state index contributed by atoms with van der Waals surface area (Å²) in [5, 5.41) is 8.73. The average molecular weight is 240 g/mol. The van der Waals surface area contributed by atoms with Crippen LogP contribution in [0.1, 0.15) is 25.8 Å². The van der Waals surface area contributed by atoms with Gasteiger partial charge in [0.15, 0.2) is 0 Å². The van der Waals surface area contributed by atoms with Crippen molar-refractivity contribution in [2.75, 3.05) is 0 Å². The lowest BCUT2D eigenvalue weighted by molar-refractivity contribution is -0.131. The number of carbonyl (C=O) groups is 1. The van der Waals surface area contributed by atoms with Gasteiger partial charge in [0.05, 0.1) is 0 Å². The third-order valence-corrected chi connectivity index (χ3v) is 2.16. The van der Waals surface area contributed by atoms with Crippen molar-refractivity contribution in [2.24, 2.45) is 5.92 Å². The predicted molar refractivity (Wildman–Crippen MR) is 61.4 cm³/mol. The van der Waals surface area contributed by atoms with Crippen LogP contribution in [0.15, 0.2) is 24.3 Å². The van der Waals surface area contributed by atoms with E-state index in [1.165, 1.54) is 0 Å². The lowest BCUT2D eigenvalue weighted by atomic mass is 9.96. The van der Waals surface area contributed by atoms with Crippen LogP contribution in [0.4, 0.5) is 8.78 Å². The molecule has 0 amide bonds. The molecule has 1 aromatic rings. The zero-order valence-corrected chi connectivity index (χ0v) is 9.71. The minimum Gasteiger partial charge on any atom is -0.478 e. The van der Waals surface area contributed by atoms with E-state index in [9.17, 15) is 13.6 Å². The van der Waals surface area contributed by atoms with E-state index in [4.69, 9.17) is 5.11 Å². The van der Waals surface area contributed by atoms with Crippen molar-refractivity contribution in [2.45, 2.75) is 20.3 Å². The molecule has 0 spiro atoms. The summed E-state index contributed by atoms with van der Waals surface area (Å²) in [4.78, 5) is 10.7. The predicted octanol–water partition coefficient (Wildman–Crippen LogP) is 3.48. The first-order chi connectivity index (χ1) is 7.88. The molecule has 0 aliphatic heterocycles. The molecule has 0 aliphatic carbocycles. The minimum atomic E-state index is -1.12. The van der Waals surface area contributed by atoms with Crippen LogP contribution >= 0.6 is 0 Å². The minimum absolute atomic E-state index is 0.201. The lowest BCUT2D eigenvalue weighted by Gasteiger charge is -2.10. The van der Waals surface area contributed by atoms with Crippen molar-refractivity contribution in [1.29, 1.82) is 0 Å². The molecule has 0 radical (unpaired) electrons. The van der Waals surface area contributed by atoms with Gasteiger partial charge < -0.3 is 5.11 Å². The van der Waals surface area contributed by atoms with E-state index >= 15 is 0 Å². The molecule has 92 valence electrons. The molecular formula is C13H14F2O2. The fourth-order valence-electron chi connectivity index (χ4n) is 1.59. The maximum absolute atomic E-state index is 13.0. The Hall–Kier alpha value is -1.71. The Kier molecular flexibility index (Phi) is 4.37. The number of carboxylic acid groups (broad SMARTS) is 1. The van der Waals surface area contributed by atoms with Crippen molar-refractivity contribution < 1.29 is 18.7 Å². The normalized spacial score (nSPS) is 11.9. The van der Waals surface area contributed by atoms with Gasteiger partial charge in [-0.2, -0.15) is 0 Å². The summed E-state index contributed by atoms with van der Waals surface area (Å²) >= 11 is 0. The Balaban J connectivity index is 3.17. The van der Waals surface area contributed by atoms with Gasteiger partial charge in [0, 0.05) is 12.1 Å². The smallest absolute Gasteiger partial charge is 0.328 e. The molecule has 0 saturated heterocycles. The number of rotatable bonds is 4. The van der Waals surface area contributed by atoms with E-state index in [0.717, 1.165) is 24.3 Å². The zero-order chi connectivity index (χ0) is 13.0. The molecule has 1 rings (SSSR count). The second kappa shape index (κ2) is 5.57. The number of halogens is 2. The SMILES string of the molecule is CC(C)C/C(=C\C(=O)O)c1cc(F)cc(F)c1. The van der Waals surface area contributed by atoms with E-state index in [1.807, 2.05) is 13.8 Å². The van der Waals surface area contributed by atoms with Gasteiger partial charge in [0.2, 0.25) is 0 Å². The summed E-state index contributed by atoms with van der Waals surface area (Å²) in [7, 11) is 0. The van der Waals surface area contributed by atoms with Gasteiger partial charge in [-0.3, -0.25) is 0 Å². The standard InChI is InChI=1S/C13H14F2O2/c1-8(2)3-9(6-13(16)17)10-4-11(14)7-12(15)5-10/h4-8H,3H2,1-2H3,(H,16,17)/b9-6+. The zero-order valence-electron chi connectivity index (χ0n) is 9.71. The second-order valence-corrected chi connectivity index (χ2v) is 4.26. The summed E-state index contributed by atoms with van der Waals surface area (Å²) < 4.78 is 26.1. The van der Waals surface area contributed by atoms with Crippen LogP contribution in [0.3, 0.4) is 0 Å². The van der Waals surface area contributed by atoms with Gasteiger partial charge in [-0.05, 0) is 35.6 Å². The van der Waals surface area contributed by atoms with E-state index in [0.29, 0.717) is 12.0 Å². The van der Waals surface area contributed by atoms with Gasteiger partial charge in [0.1, 0.15) is 11.6 Å². The maximum atomic E-state index is 13.0. The highest BCUT2D eigenvalue weighted by Crippen LogP contribution is 2.24. The number of hydrogen-bond donors (Lipinski definition) is 1. The molecule has 0 fully saturated rings. The molecule has 1 aromatic carbocycles. The van der Waals surface area contributed by atoms with Crippen LogP contribution in [0.25, 0.3) is 5.57 Å². The quantitative estimate of drug-likeness (QED) is 0.818. The largest absolute Gasteiger partial charge is 0.478 e. The van der Waals surface area contributed by atoms with Crippen molar-refractivity contribution in [3.05, 3.63) is 41.5 Å². The first-order valence-corrected chi connectivity index (χ1v) is 5.28. The van der Waals surface area contributed by atoms with Crippen molar-refractivity contribution in [1.82, 2.24) is 0 Å². The summed E-state index contributed by atoms with van der Waals surface area (Å²) in [6.07, 6.45) is 1.45. The molecule has 2 nitrogen and oxygen atoms in total. The number of allylic oxidation sites excluding steroid dienone is 1. The summed E-state index contributed by atoms with van der Waals surface area (Å²) in [6, 6.07) is 3.04. The third-order valence-electron chi connectivity index (χ3n) is 2.16. The molecule has 0 heterocycles. The van der Waals surface area contributed by atoms with Crippen LogP contribution in [0.2, 0.25) is 0 Å². The number of benzene rings is 1. The molecule has 0 aromatic heterocycles. The van der Waals surface area contributed by atoms with E-state index in [-0.39, 0.29) is 11.5 Å². The van der Waals surface area contributed by atoms with Gasteiger partial charge >= 0.3 is 5.97 Å². The first kappa shape index (κ1) is 13.4. The van der Waals surface area contributed by atoms with Crippen LogP contribution in [0.5, 0.6) is 0 Å². The Morgan fingerprint density at radius 2 is 1.82 bits per heavy atom. The molecule has 0 atom stereocenters. The van der Waals surface area contributed by atoms with E-state index in [2.05, 4.69) is 0 Å². The second-order valence-electron chi connectivity index (χ2n) is 4.26. The topological polar surface area (TPSA) is 37.3 Å². The number of hydrogen-bond acceptors (Lipinski definition) is 1. The molecule has 0 aliphatic rings. The van der Waals surface area contributed by atoms with Gasteiger partial charge in [-0.15, -0.1) is 0 Å². The van der Waals surface area contributed by atoms with Gasteiger partial charge in [-0.25, -0.2) is 13.6 Å². The summed E-state index contributed by atoms with van der Waals surface area (Å²) in [5.74, 6) is -2.34. The molecule has 17 heavy (non-hydrogen) atoms. The average Bonchev–Trinajstić information content (AvgIpc) is 2.13. The first-order valence-electron chi connectivity index (χ1n) is 5.28. The van der Waals surface area contributed by atoms with Crippen molar-refractivity contribution >= 4 is 11.5 Å². The molecule has 0 saturated carbocycles. The fraction of sp³-hybridized carbons (Fsp3) is 0.308. The highest BCUT2D eigenvalue weighted by Gasteiger charge is 2.09. The lowest BCUT2D eigenvalue weighted by Crippen LogP contribution is -1.98. The van der Waals surface area contributed by atoms with E-state index in [1.54, 1.807) is 0 Å². The molecule has 1 N–H and O–H groups in total. The van der Waals surface area contributed by atoms with E-state index < -0.39 is 17.6 Å². The Labute approximate surface area is 98.6 Å². The van der Waals surface area contributed by atoms with Gasteiger partial charge in [0.25, 0.3) is 0 Å². The van der Waals surface area contributed by atoms with Crippen molar-refractivity contribution in [3.8, 4) is 0 Å². The number of aliphatic carboxylic acids is 1. The highest BCUT2D eigenvalue weighted by atomic mass is 19.1. The van der Waals surface area contributed by atoms with Crippen LogP contribution in [0, 0.1) is 17.6 Å². The van der Waals surface area contributed by atoms with Gasteiger partial charge in [-0.1, -0.05) is 13.8 Å². The van der Waals surface area contributed by atoms with Crippen molar-refractivity contribution in [3.63, 3.8) is 0 Å². The molecular weight excluding hydrogens is 226 g/mol. The summed E-state index contributed by atoms with van der Waals surface area (Å²) in [5.41, 5.74) is 0.699. The Bertz CT molecular complexity index is 430. The molecule has 0 unspecified atom stereocenters. The third kappa shape index (κ3) is 4.34. The van der Waals surface area contributed by atoms with Crippen LogP contribution < -0.4 is 0 Å². The molecule has 4 heteroatoms. The van der Waals surface area contributed by atoms with Crippen LogP contribution in [-0.4, -0.2) is 11.1 Å². The van der Waals surface area contributed by atoms with Crippen LogP contribution in [-0.2, 0) is 4.79 Å². The number of carboxylic acids is 1. The molecule has 0 bridgehead atoms. The fourth-order valence-corrected chi connectivity index (χ4v) is 1.59.